The molecule has 0 aliphatic heterocycles. The van der Waals surface area contributed by atoms with Crippen molar-refractivity contribution in [1.82, 2.24) is 4.98 Å². The molecule has 1 aromatic heterocycles. The molecule has 90 valence electrons. The molecular weight excluding hydrogens is 272 g/mol. The van der Waals surface area contributed by atoms with Crippen LogP contribution >= 0.6 is 34.7 Å². The highest BCUT2D eigenvalue weighted by Crippen LogP contribution is 2.22. The molecule has 0 aliphatic carbocycles. The molecular formula is C12H13ClN2S2. The molecule has 0 aliphatic rings. The Bertz CT molecular complexity index is 459. The minimum Gasteiger partial charge on any atom is -0.327 e. The van der Waals surface area contributed by atoms with Gasteiger partial charge in [-0.15, -0.1) is 23.1 Å². The molecule has 0 spiro atoms. The SMILES string of the molecule is NC(CSc1cccc(Cl)c1)Cc1nccs1. The molecule has 5 heteroatoms. The number of nitrogens with zero attached hydrogens (tertiary/aromatic N) is 1. The standard InChI is InChI=1S/C12H13ClN2S2/c13-9-2-1-3-11(6-9)17-8-10(14)7-12-15-4-5-16-12/h1-6,10H,7-8,14H2. The molecule has 0 fully saturated rings. The van der Waals surface area contributed by atoms with Crippen LogP contribution in [0.15, 0.2) is 40.7 Å². The van der Waals surface area contributed by atoms with Crippen LogP contribution in [-0.4, -0.2) is 16.8 Å². The molecule has 0 saturated heterocycles. The number of thiazole rings is 1. The van der Waals surface area contributed by atoms with Gasteiger partial charge in [0.1, 0.15) is 0 Å². The summed E-state index contributed by atoms with van der Waals surface area (Å²) < 4.78 is 0. The van der Waals surface area contributed by atoms with Crippen molar-refractivity contribution in [2.75, 3.05) is 5.75 Å². The molecule has 1 atom stereocenters. The first-order valence-electron chi connectivity index (χ1n) is 5.26. The van der Waals surface area contributed by atoms with Gasteiger partial charge in [-0.1, -0.05) is 17.7 Å². The van der Waals surface area contributed by atoms with Crippen LogP contribution in [0.3, 0.4) is 0 Å². The number of halogens is 1. The van der Waals surface area contributed by atoms with E-state index in [1.807, 2.05) is 35.8 Å². The first-order valence-corrected chi connectivity index (χ1v) is 7.50. The summed E-state index contributed by atoms with van der Waals surface area (Å²) in [4.78, 5) is 5.39. The predicted molar refractivity (Wildman–Crippen MR) is 76.0 cm³/mol. The Hall–Kier alpha value is -0.550. The normalized spacial score (nSPS) is 12.6. The highest BCUT2D eigenvalue weighted by molar-refractivity contribution is 7.99. The lowest BCUT2D eigenvalue weighted by Crippen LogP contribution is -2.25. The lowest BCUT2D eigenvalue weighted by molar-refractivity contribution is 0.744. The van der Waals surface area contributed by atoms with Crippen molar-refractivity contribution in [2.24, 2.45) is 5.73 Å². The summed E-state index contributed by atoms with van der Waals surface area (Å²) in [7, 11) is 0. The number of nitrogens with two attached hydrogens (primary N) is 1. The molecule has 1 unspecified atom stereocenters. The number of rotatable bonds is 5. The molecule has 2 nitrogen and oxygen atoms in total. The Kier molecular flexibility index (Phi) is 4.86. The van der Waals surface area contributed by atoms with Crippen LogP contribution in [0.5, 0.6) is 0 Å². The number of benzene rings is 1. The Balaban J connectivity index is 1.82. The molecule has 2 aromatic rings. The maximum Gasteiger partial charge on any atom is 0.0940 e. The summed E-state index contributed by atoms with van der Waals surface area (Å²) >= 11 is 9.31. The van der Waals surface area contributed by atoms with Gasteiger partial charge in [-0.05, 0) is 18.2 Å². The van der Waals surface area contributed by atoms with E-state index in [-0.39, 0.29) is 6.04 Å². The average molecular weight is 285 g/mol. The van der Waals surface area contributed by atoms with E-state index >= 15 is 0 Å². The Morgan fingerprint density at radius 2 is 2.35 bits per heavy atom. The van der Waals surface area contributed by atoms with Gasteiger partial charge in [0.15, 0.2) is 0 Å². The fourth-order valence-electron chi connectivity index (χ4n) is 1.40. The quantitative estimate of drug-likeness (QED) is 0.855. The van der Waals surface area contributed by atoms with E-state index < -0.39 is 0 Å². The number of hydrogen-bond donors (Lipinski definition) is 1. The summed E-state index contributed by atoms with van der Waals surface area (Å²) in [5, 5.41) is 3.85. The summed E-state index contributed by atoms with van der Waals surface area (Å²) in [6.07, 6.45) is 2.65. The molecule has 2 rings (SSSR count). The molecule has 0 radical (unpaired) electrons. The van der Waals surface area contributed by atoms with Gasteiger partial charge in [-0.3, -0.25) is 0 Å². The number of thioether (sulfide) groups is 1. The molecule has 1 heterocycles. The van der Waals surface area contributed by atoms with E-state index in [0.717, 1.165) is 27.1 Å². The van der Waals surface area contributed by atoms with Crippen molar-refractivity contribution in [3.8, 4) is 0 Å². The topological polar surface area (TPSA) is 38.9 Å². The zero-order valence-corrected chi connectivity index (χ0v) is 11.6. The van der Waals surface area contributed by atoms with Crippen molar-refractivity contribution < 1.29 is 0 Å². The molecule has 0 bridgehead atoms. The van der Waals surface area contributed by atoms with Crippen molar-refractivity contribution in [1.29, 1.82) is 0 Å². The smallest absolute Gasteiger partial charge is 0.0940 e. The largest absolute Gasteiger partial charge is 0.327 e. The van der Waals surface area contributed by atoms with E-state index in [0.29, 0.717) is 0 Å². The van der Waals surface area contributed by atoms with Crippen LogP contribution in [0.2, 0.25) is 5.02 Å². The third-order valence-corrected chi connectivity index (χ3v) is 4.40. The van der Waals surface area contributed by atoms with Crippen LogP contribution in [0.1, 0.15) is 5.01 Å². The second-order valence-corrected chi connectivity index (χ2v) is 6.17. The third-order valence-electron chi connectivity index (χ3n) is 2.18. The van der Waals surface area contributed by atoms with Gasteiger partial charge in [-0.25, -0.2) is 4.98 Å². The summed E-state index contributed by atoms with van der Waals surface area (Å²) in [5.41, 5.74) is 6.06. The van der Waals surface area contributed by atoms with Crippen molar-refractivity contribution in [3.05, 3.63) is 45.9 Å². The van der Waals surface area contributed by atoms with Crippen LogP contribution in [0.4, 0.5) is 0 Å². The predicted octanol–water partition coefficient (Wildman–Crippen LogP) is 3.46. The average Bonchev–Trinajstić information content (AvgIpc) is 2.79. The third kappa shape index (κ3) is 4.32. The first kappa shape index (κ1) is 12.9. The van der Waals surface area contributed by atoms with Crippen molar-refractivity contribution in [2.45, 2.75) is 17.4 Å². The Morgan fingerprint density at radius 3 is 3.06 bits per heavy atom. The van der Waals surface area contributed by atoms with Crippen LogP contribution in [-0.2, 0) is 6.42 Å². The lowest BCUT2D eigenvalue weighted by atomic mass is 10.3. The zero-order valence-electron chi connectivity index (χ0n) is 9.17. The summed E-state index contributed by atoms with van der Waals surface area (Å²) in [5.74, 6) is 0.875. The molecule has 17 heavy (non-hydrogen) atoms. The molecule has 2 N–H and O–H groups in total. The van der Waals surface area contributed by atoms with Gasteiger partial charge in [0.05, 0.1) is 5.01 Å². The maximum absolute atomic E-state index is 6.06. The summed E-state index contributed by atoms with van der Waals surface area (Å²) in [6.45, 7) is 0. The second-order valence-electron chi connectivity index (χ2n) is 3.66. The second kappa shape index (κ2) is 6.40. The maximum atomic E-state index is 6.06. The molecule has 0 saturated carbocycles. The minimum absolute atomic E-state index is 0.130. The van der Waals surface area contributed by atoms with Gasteiger partial charge >= 0.3 is 0 Å². The van der Waals surface area contributed by atoms with Crippen molar-refractivity contribution >= 4 is 34.7 Å². The minimum atomic E-state index is 0.130. The van der Waals surface area contributed by atoms with Crippen LogP contribution < -0.4 is 5.73 Å². The van der Waals surface area contributed by atoms with Crippen LogP contribution in [0.25, 0.3) is 0 Å². The van der Waals surface area contributed by atoms with Gasteiger partial charge in [0.2, 0.25) is 0 Å². The van der Waals surface area contributed by atoms with Gasteiger partial charge in [0.25, 0.3) is 0 Å². The van der Waals surface area contributed by atoms with Gasteiger partial charge < -0.3 is 5.73 Å². The van der Waals surface area contributed by atoms with E-state index in [4.69, 9.17) is 17.3 Å². The Labute approximate surface area is 114 Å². The van der Waals surface area contributed by atoms with Crippen LogP contribution in [0, 0.1) is 0 Å². The van der Waals surface area contributed by atoms with E-state index in [1.165, 1.54) is 0 Å². The fourth-order valence-corrected chi connectivity index (χ4v) is 3.27. The van der Waals surface area contributed by atoms with E-state index in [1.54, 1.807) is 23.1 Å². The summed E-state index contributed by atoms with van der Waals surface area (Å²) in [6, 6.07) is 7.97. The molecule has 1 aromatic carbocycles. The monoisotopic (exact) mass is 284 g/mol. The van der Waals surface area contributed by atoms with E-state index in [9.17, 15) is 0 Å². The zero-order chi connectivity index (χ0) is 12.1. The Morgan fingerprint density at radius 1 is 1.47 bits per heavy atom. The first-order chi connectivity index (χ1) is 8.24. The number of aromatic nitrogens is 1. The lowest BCUT2D eigenvalue weighted by Gasteiger charge is -2.09. The number of hydrogen-bond acceptors (Lipinski definition) is 4. The van der Waals surface area contributed by atoms with Crippen molar-refractivity contribution in [3.63, 3.8) is 0 Å². The van der Waals surface area contributed by atoms with Gasteiger partial charge in [0, 0.05) is 39.7 Å². The van der Waals surface area contributed by atoms with Gasteiger partial charge in [-0.2, -0.15) is 0 Å². The fraction of sp³-hybridized carbons (Fsp3) is 0.250. The molecule has 0 amide bonds. The highest BCUT2D eigenvalue weighted by Gasteiger charge is 2.07. The van der Waals surface area contributed by atoms with E-state index in [2.05, 4.69) is 4.98 Å². The highest BCUT2D eigenvalue weighted by atomic mass is 35.5.